The van der Waals surface area contributed by atoms with Crippen LogP contribution < -0.4 is 4.90 Å². The third kappa shape index (κ3) is 4.31. The number of nitrogens with zero attached hydrogens (tertiary/aromatic N) is 1. The van der Waals surface area contributed by atoms with Crippen LogP contribution in [0.2, 0.25) is 0 Å². The van der Waals surface area contributed by atoms with E-state index in [4.69, 9.17) is 0 Å². The quantitative estimate of drug-likeness (QED) is 0.173. The van der Waals surface area contributed by atoms with Crippen LogP contribution in [0.5, 0.6) is 0 Å². The van der Waals surface area contributed by atoms with Gasteiger partial charge < -0.3 is 4.90 Å². The second kappa shape index (κ2) is 10.7. The minimum Gasteiger partial charge on any atom is -0.310 e. The summed E-state index contributed by atoms with van der Waals surface area (Å²) in [6, 6.07) is 60.7. The van der Waals surface area contributed by atoms with E-state index in [2.05, 4.69) is 183 Å². The number of rotatable bonds is 4. The predicted molar refractivity (Wildman–Crippen MR) is 212 cm³/mol. The molecule has 1 heterocycles. The van der Waals surface area contributed by atoms with Crippen LogP contribution in [0.25, 0.3) is 64.0 Å². The molecule has 1 aromatic heterocycles. The number of hydrogen-bond donors (Lipinski definition) is 0. The van der Waals surface area contributed by atoms with Gasteiger partial charge in [-0.05, 0) is 98.1 Å². The molecule has 0 N–H and O–H groups in total. The first-order chi connectivity index (χ1) is 24.0. The molecule has 10 rings (SSSR count). The lowest BCUT2D eigenvalue weighted by atomic mass is 9.82. The fraction of sp³-hybridized carbons (Fsp3) is 0.0638. The van der Waals surface area contributed by atoms with Crippen molar-refractivity contribution in [2.24, 2.45) is 0 Å². The highest BCUT2D eigenvalue weighted by Gasteiger charge is 2.35. The molecule has 1 aliphatic carbocycles. The van der Waals surface area contributed by atoms with Crippen LogP contribution >= 0.6 is 11.3 Å². The Labute approximate surface area is 290 Å². The van der Waals surface area contributed by atoms with E-state index >= 15 is 0 Å². The lowest BCUT2D eigenvalue weighted by Crippen LogP contribution is -2.16. The molecule has 0 saturated carbocycles. The van der Waals surface area contributed by atoms with Gasteiger partial charge in [-0.1, -0.05) is 129 Å². The van der Waals surface area contributed by atoms with Crippen molar-refractivity contribution in [3.63, 3.8) is 0 Å². The minimum atomic E-state index is -0.0899. The molecule has 9 aromatic rings. The highest BCUT2D eigenvalue weighted by atomic mass is 32.1. The van der Waals surface area contributed by atoms with Gasteiger partial charge >= 0.3 is 0 Å². The van der Waals surface area contributed by atoms with Crippen LogP contribution in [0.3, 0.4) is 0 Å². The third-order valence-corrected chi connectivity index (χ3v) is 11.8. The molecular weight excluding hydrogens is 611 g/mol. The molecule has 0 fully saturated rings. The molecule has 0 aliphatic heterocycles. The Morgan fingerprint density at radius 1 is 0.449 bits per heavy atom. The van der Waals surface area contributed by atoms with Gasteiger partial charge in [0.1, 0.15) is 0 Å². The summed E-state index contributed by atoms with van der Waals surface area (Å²) in [5, 5.41) is 7.68. The van der Waals surface area contributed by atoms with Crippen molar-refractivity contribution in [1.29, 1.82) is 0 Å². The summed E-state index contributed by atoms with van der Waals surface area (Å²) in [4.78, 5) is 2.47. The molecule has 8 aromatic carbocycles. The van der Waals surface area contributed by atoms with Crippen molar-refractivity contribution >= 4 is 70.1 Å². The van der Waals surface area contributed by atoms with Crippen molar-refractivity contribution in [1.82, 2.24) is 0 Å². The van der Waals surface area contributed by atoms with Crippen molar-refractivity contribution in [2.75, 3.05) is 4.90 Å². The summed E-state index contributed by atoms with van der Waals surface area (Å²) >= 11 is 1.87. The van der Waals surface area contributed by atoms with E-state index in [0.717, 1.165) is 5.69 Å². The number of fused-ring (bicyclic) bond motifs is 9. The molecule has 0 bridgehead atoms. The zero-order valence-corrected chi connectivity index (χ0v) is 28.3. The normalized spacial score (nSPS) is 13.3. The zero-order chi connectivity index (χ0) is 32.7. The topological polar surface area (TPSA) is 3.24 Å². The SMILES string of the molecule is CC1(C)c2ccccc2-c2ccc(N(c3ccc(-c4ccc5sc6ccccc6c5c4)cc3)c3cccc4ccc5ccccc5c34)cc21. The van der Waals surface area contributed by atoms with Crippen molar-refractivity contribution in [3.05, 3.63) is 175 Å². The lowest BCUT2D eigenvalue weighted by Gasteiger charge is -2.29. The summed E-state index contributed by atoms with van der Waals surface area (Å²) in [6.07, 6.45) is 0. The maximum absolute atomic E-state index is 2.47. The number of hydrogen-bond acceptors (Lipinski definition) is 2. The molecule has 0 unspecified atom stereocenters. The molecular formula is C47H33NS. The molecule has 1 nitrogen and oxygen atoms in total. The van der Waals surface area contributed by atoms with E-state index < -0.39 is 0 Å². The zero-order valence-electron chi connectivity index (χ0n) is 27.4. The van der Waals surface area contributed by atoms with Crippen molar-refractivity contribution in [3.8, 4) is 22.3 Å². The average molecular weight is 644 g/mol. The highest BCUT2D eigenvalue weighted by Crippen LogP contribution is 2.51. The molecule has 0 radical (unpaired) electrons. The van der Waals surface area contributed by atoms with Crippen molar-refractivity contribution in [2.45, 2.75) is 19.3 Å². The average Bonchev–Trinajstić information content (AvgIpc) is 3.63. The van der Waals surface area contributed by atoms with Gasteiger partial charge in [0.2, 0.25) is 0 Å². The third-order valence-electron chi connectivity index (χ3n) is 10.6. The summed E-state index contributed by atoms with van der Waals surface area (Å²) < 4.78 is 2.67. The Hall–Kier alpha value is -5.70. The molecule has 0 atom stereocenters. The molecule has 2 heteroatoms. The van der Waals surface area contributed by atoms with Crippen LogP contribution in [0.4, 0.5) is 17.1 Å². The van der Waals surface area contributed by atoms with Crippen LogP contribution in [-0.2, 0) is 5.41 Å². The molecule has 0 saturated heterocycles. The van der Waals surface area contributed by atoms with Gasteiger partial charge in [-0.3, -0.25) is 0 Å². The standard InChI is InChI=1S/C47H33NS/c1-47(2)41-15-7-5-13-37(41)38-26-25-35(29-42(38)47)48(43-16-9-11-32-19-18-31-10-3-4-12-36(31)46(32)43)34-23-20-30(21-24-34)33-22-27-45-40(28-33)39-14-6-8-17-44(39)49-45/h3-29H,1-2H3. The van der Waals surface area contributed by atoms with E-state index in [0.29, 0.717) is 0 Å². The maximum Gasteiger partial charge on any atom is 0.0546 e. The van der Waals surface area contributed by atoms with Gasteiger partial charge in [0.25, 0.3) is 0 Å². The second-order valence-electron chi connectivity index (χ2n) is 13.8. The molecule has 1 aliphatic rings. The van der Waals surface area contributed by atoms with Gasteiger partial charge in [-0.15, -0.1) is 11.3 Å². The number of thiophene rings is 1. The summed E-state index contributed by atoms with van der Waals surface area (Å²) in [5.74, 6) is 0. The maximum atomic E-state index is 2.47. The van der Waals surface area contributed by atoms with Crippen LogP contribution in [-0.4, -0.2) is 0 Å². The van der Waals surface area contributed by atoms with Gasteiger partial charge in [0, 0.05) is 42.3 Å². The van der Waals surface area contributed by atoms with Gasteiger partial charge in [0.05, 0.1) is 5.69 Å². The van der Waals surface area contributed by atoms with Gasteiger partial charge in [-0.25, -0.2) is 0 Å². The van der Waals surface area contributed by atoms with E-state index in [1.807, 2.05) is 11.3 Å². The molecule has 0 amide bonds. The second-order valence-corrected chi connectivity index (χ2v) is 14.8. The largest absolute Gasteiger partial charge is 0.310 e. The molecule has 232 valence electrons. The van der Waals surface area contributed by atoms with E-state index in [1.54, 1.807) is 0 Å². The lowest BCUT2D eigenvalue weighted by molar-refractivity contribution is 0.660. The Bertz CT molecular complexity index is 2750. The fourth-order valence-electron chi connectivity index (χ4n) is 8.19. The smallest absolute Gasteiger partial charge is 0.0546 e. The van der Waals surface area contributed by atoms with Gasteiger partial charge in [0.15, 0.2) is 0 Å². The highest BCUT2D eigenvalue weighted by molar-refractivity contribution is 7.25. The van der Waals surface area contributed by atoms with Crippen LogP contribution in [0.1, 0.15) is 25.0 Å². The van der Waals surface area contributed by atoms with Crippen LogP contribution in [0.15, 0.2) is 164 Å². The molecule has 0 spiro atoms. The first-order valence-electron chi connectivity index (χ1n) is 17.0. The van der Waals surface area contributed by atoms with Crippen LogP contribution in [0, 0.1) is 0 Å². The Balaban J connectivity index is 1.16. The molecule has 49 heavy (non-hydrogen) atoms. The van der Waals surface area contributed by atoms with Gasteiger partial charge in [-0.2, -0.15) is 0 Å². The Morgan fingerprint density at radius 2 is 1.12 bits per heavy atom. The number of benzene rings is 8. The first-order valence-corrected chi connectivity index (χ1v) is 17.8. The number of anilines is 3. The Morgan fingerprint density at radius 3 is 2.02 bits per heavy atom. The summed E-state index contributed by atoms with van der Waals surface area (Å²) in [6.45, 7) is 4.72. The first kappa shape index (κ1) is 28.3. The minimum absolute atomic E-state index is 0.0899. The van der Waals surface area contributed by atoms with Crippen molar-refractivity contribution < 1.29 is 0 Å². The fourth-order valence-corrected chi connectivity index (χ4v) is 9.28. The van der Waals surface area contributed by atoms with E-state index in [-0.39, 0.29) is 5.41 Å². The van der Waals surface area contributed by atoms with E-state index in [9.17, 15) is 0 Å². The summed E-state index contributed by atoms with van der Waals surface area (Å²) in [5.41, 5.74) is 11.3. The monoisotopic (exact) mass is 643 g/mol. The van der Waals surface area contributed by atoms with E-state index in [1.165, 1.54) is 86.5 Å². The summed E-state index contributed by atoms with van der Waals surface area (Å²) in [7, 11) is 0. The predicted octanol–water partition coefficient (Wildman–Crippen LogP) is 13.8. The Kier molecular flexibility index (Phi) is 6.16.